The van der Waals surface area contributed by atoms with E-state index in [9.17, 15) is 30.7 Å². The fourth-order valence-electron chi connectivity index (χ4n) is 0.393. The van der Waals surface area contributed by atoms with E-state index in [1.807, 2.05) is 0 Å². The topological polar surface area (TPSA) is 0 Å². The molecule has 0 aromatic carbocycles. The Bertz CT molecular complexity index is 146. The zero-order valence-corrected chi connectivity index (χ0v) is 5.80. The third-order valence-corrected chi connectivity index (χ3v) is 1.29. The van der Waals surface area contributed by atoms with Crippen LogP contribution in [0, 0.1) is 0 Å². The van der Waals surface area contributed by atoms with Crippen molar-refractivity contribution in [3.63, 3.8) is 0 Å². The molecule has 74 valence electrons. The molecule has 2 atom stereocenters. The Morgan fingerprint density at radius 2 is 1.25 bits per heavy atom. The van der Waals surface area contributed by atoms with Gasteiger partial charge < -0.3 is 0 Å². The maximum Gasteiger partial charge on any atom is 0.425 e. The normalized spacial score (nSPS) is 20.8. The molecular formula is C5H5F7. The van der Waals surface area contributed by atoms with Gasteiger partial charge in [-0.1, -0.05) is 0 Å². The maximum absolute atomic E-state index is 12.3. The van der Waals surface area contributed by atoms with Gasteiger partial charge >= 0.3 is 6.18 Å². The molecule has 0 radical (unpaired) electrons. The minimum absolute atomic E-state index is 0.260. The second kappa shape index (κ2) is 3.10. The molecule has 2 unspecified atom stereocenters. The van der Waals surface area contributed by atoms with E-state index in [2.05, 4.69) is 0 Å². The van der Waals surface area contributed by atoms with Crippen molar-refractivity contribution in [1.29, 1.82) is 0 Å². The number of rotatable bonds is 2. The molecule has 0 heterocycles. The zero-order valence-electron chi connectivity index (χ0n) is 5.80. The Morgan fingerprint density at radius 1 is 0.917 bits per heavy atom. The highest BCUT2D eigenvalue weighted by molar-refractivity contribution is 4.91. The molecule has 0 aliphatic heterocycles. The van der Waals surface area contributed by atoms with Gasteiger partial charge in [0.2, 0.25) is 11.8 Å². The monoisotopic (exact) mass is 198 g/mol. The van der Waals surface area contributed by atoms with Crippen molar-refractivity contribution in [1.82, 2.24) is 0 Å². The quantitative estimate of drug-likeness (QED) is 0.598. The minimum atomic E-state index is -5.62. The van der Waals surface area contributed by atoms with Gasteiger partial charge in [0.05, 0.1) is 0 Å². The molecule has 0 spiro atoms. The summed E-state index contributed by atoms with van der Waals surface area (Å²) in [6.45, 7) is -0.260. The third kappa shape index (κ3) is 2.01. The van der Waals surface area contributed by atoms with Crippen molar-refractivity contribution in [2.45, 2.75) is 31.4 Å². The van der Waals surface area contributed by atoms with E-state index in [0.717, 1.165) is 0 Å². The van der Waals surface area contributed by atoms with Crippen LogP contribution in [0.4, 0.5) is 30.7 Å². The van der Waals surface area contributed by atoms with Crippen LogP contribution in [0.25, 0.3) is 0 Å². The summed E-state index contributed by atoms with van der Waals surface area (Å²) < 4.78 is 81.4. The van der Waals surface area contributed by atoms with Gasteiger partial charge in [0.25, 0.3) is 6.43 Å². The summed E-state index contributed by atoms with van der Waals surface area (Å²) in [7, 11) is 0. The van der Waals surface area contributed by atoms with Crippen LogP contribution >= 0.6 is 0 Å². The van der Waals surface area contributed by atoms with Gasteiger partial charge in [0, 0.05) is 0 Å². The minimum Gasteiger partial charge on any atom is -0.237 e. The van der Waals surface area contributed by atoms with E-state index >= 15 is 0 Å². The summed E-state index contributed by atoms with van der Waals surface area (Å²) in [5.74, 6) is 0. The molecule has 0 aliphatic carbocycles. The van der Waals surface area contributed by atoms with Crippen LogP contribution in [0.1, 0.15) is 6.92 Å². The molecule has 0 bridgehead atoms. The van der Waals surface area contributed by atoms with Gasteiger partial charge in [-0.25, -0.2) is 17.6 Å². The maximum atomic E-state index is 12.3. The summed E-state index contributed by atoms with van der Waals surface area (Å²) >= 11 is 0. The van der Waals surface area contributed by atoms with Crippen molar-refractivity contribution in [2.75, 3.05) is 0 Å². The van der Waals surface area contributed by atoms with Gasteiger partial charge in [-0.2, -0.15) is 13.2 Å². The van der Waals surface area contributed by atoms with Gasteiger partial charge in [-0.3, -0.25) is 0 Å². The number of hydrogen-bond acceptors (Lipinski definition) is 0. The molecule has 7 heteroatoms. The fourth-order valence-corrected chi connectivity index (χ4v) is 0.393. The number of halogens is 7. The highest BCUT2D eigenvalue weighted by atomic mass is 19.4. The van der Waals surface area contributed by atoms with Gasteiger partial charge in [-0.15, -0.1) is 0 Å². The van der Waals surface area contributed by atoms with Crippen LogP contribution in [-0.4, -0.2) is 24.4 Å². The van der Waals surface area contributed by atoms with E-state index in [1.165, 1.54) is 0 Å². The second-order valence-electron chi connectivity index (χ2n) is 2.31. The standard InChI is InChI=1S/C5H5F7/c1-4(9,5(10,11)12)2(6)3(7)8/h2-3H,1H3. The van der Waals surface area contributed by atoms with Crippen LogP contribution in [0.3, 0.4) is 0 Å². The Balaban J connectivity index is 4.61. The average molecular weight is 198 g/mol. The summed E-state index contributed by atoms with van der Waals surface area (Å²) in [5.41, 5.74) is -4.50. The molecule has 0 aliphatic rings. The van der Waals surface area contributed by atoms with Gasteiger partial charge in [-0.05, 0) is 6.92 Å². The van der Waals surface area contributed by atoms with Gasteiger partial charge in [0.15, 0.2) is 0 Å². The smallest absolute Gasteiger partial charge is 0.237 e. The summed E-state index contributed by atoms with van der Waals surface area (Å²) in [6.07, 6.45) is -13.5. The van der Waals surface area contributed by atoms with Crippen LogP contribution in [0.15, 0.2) is 0 Å². The predicted octanol–water partition coefficient (Wildman–Crippen LogP) is 2.88. The molecule has 0 saturated carbocycles. The van der Waals surface area contributed by atoms with E-state index in [4.69, 9.17) is 0 Å². The molecule has 0 rings (SSSR count). The number of hydrogen-bond donors (Lipinski definition) is 0. The lowest BCUT2D eigenvalue weighted by atomic mass is 10.0. The fraction of sp³-hybridized carbons (Fsp3) is 1.00. The Kier molecular flexibility index (Phi) is 2.97. The van der Waals surface area contributed by atoms with Crippen molar-refractivity contribution >= 4 is 0 Å². The molecule has 12 heavy (non-hydrogen) atoms. The first-order valence-corrected chi connectivity index (χ1v) is 2.78. The third-order valence-electron chi connectivity index (χ3n) is 1.29. The first kappa shape index (κ1) is 11.5. The van der Waals surface area contributed by atoms with Crippen LogP contribution in [0.2, 0.25) is 0 Å². The molecular weight excluding hydrogens is 193 g/mol. The van der Waals surface area contributed by atoms with E-state index < -0.39 is 24.4 Å². The van der Waals surface area contributed by atoms with Crippen LogP contribution in [-0.2, 0) is 0 Å². The predicted molar refractivity (Wildman–Crippen MR) is 26.5 cm³/mol. The van der Waals surface area contributed by atoms with E-state index in [0.29, 0.717) is 0 Å². The van der Waals surface area contributed by atoms with E-state index in [-0.39, 0.29) is 6.92 Å². The van der Waals surface area contributed by atoms with Crippen molar-refractivity contribution in [3.8, 4) is 0 Å². The molecule has 0 saturated heterocycles. The summed E-state index contributed by atoms with van der Waals surface area (Å²) in [4.78, 5) is 0. The molecule has 0 nitrogen and oxygen atoms in total. The largest absolute Gasteiger partial charge is 0.425 e. The lowest BCUT2D eigenvalue weighted by molar-refractivity contribution is -0.255. The van der Waals surface area contributed by atoms with Crippen molar-refractivity contribution < 1.29 is 30.7 Å². The Hall–Kier alpha value is -0.490. The van der Waals surface area contributed by atoms with Crippen LogP contribution in [0.5, 0.6) is 0 Å². The second-order valence-corrected chi connectivity index (χ2v) is 2.31. The molecule has 0 aromatic heterocycles. The SMILES string of the molecule is CC(F)(C(F)C(F)F)C(F)(F)F. The molecule has 0 aromatic rings. The van der Waals surface area contributed by atoms with Crippen molar-refractivity contribution in [2.24, 2.45) is 0 Å². The Morgan fingerprint density at radius 3 is 1.33 bits per heavy atom. The first-order chi connectivity index (χ1) is 5.10. The Labute approximate surface area is 63.4 Å². The molecule has 0 N–H and O–H groups in total. The number of alkyl halides is 7. The summed E-state index contributed by atoms with van der Waals surface area (Å²) in [5, 5.41) is 0. The average Bonchev–Trinajstić information content (AvgIpc) is 1.83. The van der Waals surface area contributed by atoms with E-state index in [1.54, 1.807) is 0 Å². The molecule has 0 fully saturated rings. The highest BCUT2D eigenvalue weighted by Crippen LogP contribution is 2.39. The van der Waals surface area contributed by atoms with Crippen LogP contribution < -0.4 is 0 Å². The summed E-state index contributed by atoms with van der Waals surface area (Å²) in [6, 6.07) is 0. The highest BCUT2D eigenvalue weighted by Gasteiger charge is 2.60. The van der Waals surface area contributed by atoms with Gasteiger partial charge in [0.1, 0.15) is 0 Å². The lowest BCUT2D eigenvalue weighted by Gasteiger charge is -2.26. The lowest BCUT2D eigenvalue weighted by Crippen LogP contribution is -2.49. The zero-order chi connectivity index (χ0) is 10.2. The first-order valence-electron chi connectivity index (χ1n) is 2.78. The van der Waals surface area contributed by atoms with Crippen molar-refractivity contribution in [3.05, 3.63) is 0 Å². The molecule has 0 amide bonds.